The van der Waals surface area contributed by atoms with E-state index in [9.17, 15) is 15.0 Å². The van der Waals surface area contributed by atoms with Gasteiger partial charge in [-0.05, 0) is 24.3 Å². The second-order valence-corrected chi connectivity index (χ2v) is 6.92. The molecule has 29 heavy (non-hydrogen) atoms. The molecule has 8 heteroatoms. The number of carbonyl (C=O) groups excluding carboxylic acids is 1. The number of rotatable bonds is 2. The van der Waals surface area contributed by atoms with E-state index in [1.54, 1.807) is 25.2 Å². The number of fused-ring (bicyclic) bond motifs is 1. The third kappa shape index (κ3) is 3.49. The highest BCUT2D eigenvalue weighted by atomic mass is 16.3. The smallest absolute Gasteiger partial charge is 0.267 e. The summed E-state index contributed by atoms with van der Waals surface area (Å²) in [6, 6.07) is 10.9. The number of likely N-dealkylation sites (tertiary alicyclic amines) is 1. The van der Waals surface area contributed by atoms with Crippen LogP contribution >= 0.6 is 0 Å². The molecule has 0 saturated carbocycles. The van der Waals surface area contributed by atoms with Crippen molar-refractivity contribution in [1.82, 2.24) is 19.9 Å². The van der Waals surface area contributed by atoms with Crippen LogP contribution in [0.15, 0.2) is 36.4 Å². The van der Waals surface area contributed by atoms with E-state index in [4.69, 9.17) is 5.73 Å². The van der Waals surface area contributed by atoms with Gasteiger partial charge in [-0.15, -0.1) is 0 Å². The minimum absolute atomic E-state index is 0.197. The number of benzene rings is 1. The topological polar surface area (TPSA) is 125 Å². The number of aromatic nitrogens is 3. The first-order valence-electron chi connectivity index (χ1n) is 9.05. The predicted molar refractivity (Wildman–Crippen MR) is 107 cm³/mol. The molecule has 2 aromatic heterocycles. The average molecular weight is 389 g/mol. The molecule has 1 aliphatic heterocycles. The Balaban J connectivity index is 1.69. The zero-order chi connectivity index (χ0) is 20.6. The average Bonchev–Trinajstić information content (AvgIpc) is 3.00. The molecule has 0 spiro atoms. The Bertz CT molecular complexity index is 1180. The number of pyridine rings is 1. The second kappa shape index (κ2) is 7.13. The summed E-state index contributed by atoms with van der Waals surface area (Å²) in [6.45, 7) is 0.180. The van der Waals surface area contributed by atoms with Gasteiger partial charge < -0.3 is 20.8 Å². The number of amides is 1. The molecular weight excluding hydrogens is 370 g/mol. The minimum atomic E-state index is -1.64. The van der Waals surface area contributed by atoms with E-state index in [2.05, 4.69) is 26.8 Å². The SMILES string of the molecule is CN1CC[C@@](O)(C#Cc2cccc(-c3ccc4nc(CO)nc(N)c4n3)c2)C1=O. The highest BCUT2D eigenvalue weighted by molar-refractivity contribution is 5.90. The molecule has 4 rings (SSSR count). The Hall–Kier alpha value is -3.54. The number of anilines is 1. The van der Waals surface area contributed by atoms with Crippen LogP contribution in [0.25, 0.3) is 22.3 Å². The van der Waals surface area contributed by atoms with Crippen molar-refractivity contribution >= 4 is 22.8 Å². The van der Waals surface area contributed by atoms with E-state index >= 15 is 0 Å². The maximum Gasteiger partial charge on any atom is 0.267 e. The molecule has 3 heterocycles. The first kappa shape index (κ1) is 18.8. The van der Waals surface area contributed by atoms with Crippen molar-refractivity contribution in [3.63, 3.8) is 0 Å². The van der Waals surface area contributed by atoms with Gasteiger partial charge in [0.15, 0.2) is 11.6 Å². The summed E-state index contributed by atoms with van der Waals surface area (Å²) in [4.78, 5) is 26.3. The fourth-order valence-electron chi connectivity index (χ4n) is 3.22. The van der Waals surface area contributed by atoms with Gasteiger partial charge in [0.2, 0.25) is 5.60 Å². The van der Waals surface area contributed by atoms with E-state index in [0.29, 0.717) is 28.8 Å². The van der Waals surface area contributed by atoms with Gasteiger partial charge in [0.1, 0.15) is 12.1 Å². The van der Waals surface area contributed by atoms with Crippen LogP contribution in [-0.4, -0.2) is 55.2 Å². The number of carbonyl (C=O) groups is 1. The molecule has 0 unspecified atom stereocenters. The van der Waals surface area contributed by atoms with E-state index in [1.807, 2.05) is 18.2 Å². The van der Waals surface area contributed by atoms with E-state index in [1.165, 1.54) is 4.90 Å². The van der Waals surface area contributed by atoms with Crippen molar-refractivity contribution < 1.29 is 15.0 Å². The molecule has 1 aliphatic rings. The van der Waals surface area contributed by atoms with E-state index in [-0.39, 0.29) is 30.6 Å². The Kier molecular flexibility index (Phi) is 4.62. The number of nitrogens with two attached hydrogens (primary N) is 1. The summed E-state index contributed by atoms with van der Waals surface area (Å²) in [5.41, 5.74) is 7.42. The highest BCUT2D eigenvalue weighted by Crippen LogP contribution is 2.24. The lowest BCUT2D eigenvalue weighted by atomic mass is 10.0. The minimum Gasteiger partial charge on any atom is -0.388 e. The third-order valence-electron chi connectivity index (χ3n) is 4.84. The van der Waals surface area contributed by atoms with Crippen LogP contribution in [0.5, 0.6) is 0 Å². The largest absolute Gasteiger partial charge is 0.388 e. The standard InChI is InChI=1S/C21H19N5O3/c1-26-10-9-21(29,20(26)28)8-7-13-3-2-4-14(11-13)15-5-6-16-18(24-15)19(22)25-17(12-27)23-16/h2-6,11,27,29H,9-10,12H2,1H3,(H2,22,23,25)/t21-/m0/s1. The summed E-state index contributed by atoms with van der Waals surface area (Å²) < 4.78 is 0. The number of nitrogens with zero attached hydrogens (tertiary/aromatic N) is 4. The summed E-state index contributed by atoms with van der Waals surface area (Å²) in [5.74, 6) is 5.67. The van der Waals surface area contributed by atoms with Crippen LogP contribution in [0.4, 0.5) is 5.82 Å². The Morgan fingerprint density at radius 3 is 2.79 bits per heavy atom. The normalized spacial score (nSPS) is 18.7. The molecule has 8 nitrogen and oxygen atoms in total. The molecule has 1 amide bonds. The lowest BCUT2D eigenvalue weighted by Crippen LogP contribution is -2.37. The monoisotopic (exact) mass is 389 g/mol. The molecule has 0 aliphatic carbocycles. The summed E-state index contributed by atoms with van der Waals surface area (Å²) >= 11 is 0. The quantitative estimate of drug-likeness (QED) is 0.551. The van der Waals surface area contributed by atoms with Crippen LogP contribution in [-0.2, 0) is 11.4 Å². The molecule has 1 fully saturated rings. The van der Waals surface area contributed by atoms with Gasteiger partial charge >= 0.3 is 0 Å². The molecule has 0 bridgehead atoms. The highest BCUT2D eigenvalue weighted by Gasteiger charge is 2.42. The third-order valence-corrected chi connectivity index (χ3v) is 4.84. The molecule has 1 saturated heterocycles. The molecule has 3 aromatic rings. The summed E-state index contributed by atoms with van der Waals surface area (Å²) in [5, 5.41) is 19.7. The number of aliphatic hydroxyl groups excluding tert-OH is 1. The lowest BCUT2D eigenvalue weighted by molar-refractivity contribution is -0.137. The lowest BCUT2D eigenvalue weighted by Gasteiger charge is -2.13. The van der Waals surface area contributed by atoms with Crippen molar-refractivity contribution in [1.29, 1.82) is 0 Å². The van der Waals surface area contributed by atoms with Crippen LogP contribution in [0.1, 0.15) is 17.8 Å². The number of likely N-dealkylation sites (N-methyl/N-ethyl adjacent to an activating group) is 1. The van der Waals surface area contributed by atoms with E-state index in [0.717, 1.165) is 5.56 Å². The Morgan fingerprint density at radius 2 is 2.07 bits per heavy atom. The van der Waals surface area contributed by atoms with E-state index < -0.39 is 5.60 Å². The van der Waals surface area contributed by atoms with Crippen molar-refractivity contribution in [2.75, 3.05) is 19.3 Å². The fourth-order valence-corrected chi connectivity index (χ4v) is 3.22. The second-order valence-electron chi connectivity index (χ2n) is 6.92. The van der Waals surface area contributed by atoms with Crippen LogP contribution in [0.3, 0.4) is 0 Å². The van der Waals surface area contributed by atoms with Crippen LogP contribution < -0.4 is 5.73 Å². The van der Waals surface area contributed by atoms with Crippen LogP contribution in [0, 0.1) is 11.8 Å². The van der Waals surface area contributed by atoms with Gasteiger partial charge in [-0.3, -0.25) is 4.79 Å². The van der Waals surface area contributed by atoms with Crippen molar-refractivity contribution in [3.8, 4) is 23.1 Å². The van der Waals surface area contributed by atoms with Gasteiger partial charge in [-0.1, -0.05) is 24.0 Å². The summed E-state index contributed by atoms with van der Waals surface area (Å²) in [7, 11) is 1.65. The zero-order valence-corrected chi connectivity index (χ0v) is 15.8. The maximum atomic E-state index is 12.1. The molecule has 0 radical (unpaired) electrons. The fraction of sp³-hybridized carbons (Fsp3) is 0.238. The molecule has 146 valence electrons. The van der Waals surface area contributed by atoms with Gasteiger partial charge in [0, 0.05) is 31.1 Å². The number of hydrogen-bond donors (Lipinski definition) is 3. The van der Waals surface area contributed by atoms with Gasteiger partial charge in [0.05, 0.1) is 11.2 Å². The Morgan fingerprint density at radius 1 is 1.24 bits per heavy atom. The maximum absolute atomic E-state index is 12.1. The predicted octanol–water partition coefficient (Wildman–Crippen LogP) is 0.711. The summed E-state index contributed by atoms with van der Waals surface area (Å²) in [6.07, 6.45) is 0.288. The first-order valence-corrected chi connectivity index (χ1v) is 9.05. The van der Waals surface area contributed by atoms with Gasteiger partial charge in [0.25, 0.3) is 5.91 Å². The molecular formula is C21H19N5O3. The van der Waals surface area contributed by atoms with Crippen molar-refractivity contribution in [3.05, 3.63) is 47.8 Å². The van der Waals surface area contributed by atoms with Gasteiger partial charge in [-0.2, -0.15) is 0 Å². The first-order chi connectivity index (χ1) is 13.9. The molecule has 4 N–H and O–H groups in total. The van der Waals surface area contributed by atoms with Gasteiger partial charge in [-0.25, -0.2) is 15.0 Å². The van der Waals surface area contributed by atoms with Crippen LogP contribution in [0.2, 0.25) is 0 Å². The van der Waals surface area contributed by atoms with Crippen molar-refractivity contribution in [2.45, 2.75) is 18.6 Å². The number of hydrogen-bond acceptors (Lipinski definition) is 7. The molecule has 1 aromatic carbocycles. The molecule has 1 atom stereocenters. The Labute approximate surface area is 167 Å². The van der Waals surface area contributed by atoms with Crippen molar-refractivity contribution in [2.24, 2.45) is 0 Å². The number of aliphatic hydroxyl groups is 2. The number of nitrogen functional groups attached to an aromatic ring is 1. The zero-order valence-electron chi connectivity index (χ0n) is 15.8.